The second kappa shape index (κ2) is 8.13. The summed E-state index contributed by atoms with van der Waals surface area (Å²) in [7, 11) is 0. The second-order valence-electron chi connectivity index (χ2n) is 5.66. The van der Waals surface area contributed by atoms with Gasteiger partial charge >= 0.3 is 0 Å². The average Bonchev–Trinajstić information content (AvgIpc) is 2.74. The zero-order valence-corrected chi connectivity index (χ0v) is 15.4. The minimum absolute atomic E-state index is 0. The van der Waals surface area contributed by atoms with Crippen LogP contribution in [-0.2, 0) is 4.79 Å². The van der Waals surface area contributed by atoms with E-state index in [9.17, 15) is 4.79 Å². The van der Waals surface area contributed by atoms with Crippen molar-refractivity contribution in [3.8, 4) is 5.75 Å². The largest absolute Gasteiger partial charge is 0.482 e. The molecule has 1 amide bonds. The van der Waals surface area contributed by atoms with Crippen molar-refractivity contribution in [3.05, 3.63) is 27.2 Å². The van der Waals surface area contributed by atoms with Gasteiger partial charge < -0.3 is 15.0 Å². The van der Waals surface area contributed by atoms with Gasteiger partial charge in [0.1, 0.15) is 5.75 Å². The summed E-state index contributed by atoms with van der Waals surface area (Å²) in [6.45, 7) is 1.78. The third-order valence-corrected chi connectivity index (χ3v) is 5.29. The molecule has 8 heteroatoms. The van der Waals surface area contributed by atoms with Gasteiger partial charge in [-0.05, 0) is 31.9 Å². The Morgan fingerprint density at radius 1 is 1.13 bits per heavy atom. The van der Waals surface area contributed by atoms with Gasteiger partial charge in [0.2, 0.25) is 0 Å². The van der Waals surface area contributed by atoms with Gasteiger partial charge in [0, 0.05) is 24.7 Å². The molecular formula is C15H18Cl4N2O2. The molecule has 2 fully saturated rings. The molecule has 2 saturated heterocycles. The predicted octanol–water partition coefficient (Wildman–Crippen LogP) is 3.80. The monoisotopic (exact) mass is 398 g/mol. The molecule has 23 heavy (non-hydrogen) atoms. The standard InChI is InChI=1S/C15H17Cl3N2O2.ClH/c16-11-5-13(18)14(6-12(11)17)22-8-15(21)20-9-1-2-10(20)7-19-4-3-9;/h5-6,9-10,19H,1-4,7-8H2;1H. The third kappa shape index (κ3) is 4.18. The number of hydrogen-bond donors (Lipinski definition) is 1. The summed E-state index contributed by atoms with van der Waals surface area (Å²) in [6.07, 6.45) is 3.12. The molecule has 128 valence electrons. The van der Waals surface area contributed by atoms with Crippen molar-refractivity contribution in [2.45, 2.75) is 31.3 Å². The zero-order chi connectivity index (χ0) is 15.7. The number of hydrogen-bond acceptors (Lipinski definition) is 3. The normalized spacial score (nSPS) is 23.2. The minimum Gasteiger partial charge on any atom is -0.482 e. The lowest BCUT2D eigenvalue weighted by molar-refractivity contribution is -0.135. The Hall–Kier alpha value is -0.390. The van der Waals surface area contributed by atoms with Crippen LogP contribution in [0.2, 0.25) is 15.1 Å². The van der Waals surface area contributed by atoms with Crippen LogP contribution in [0.5, 0.6) is 5.75 Å². The molecule has 2 aliphatic rings. The molecule has 0 saturated carbocycles. The van der Waals surface area contributed by atoms with Crippen LogP contribution in [-0.4, -0.2) is 42.6 Å². The highest BCUT2D eigenvalue weighted by atomic mass is 35.5. The van der Waals surface area contributed by atoms with Crippen LogP contribution >= 0.6 is 47.2 Å². The molecule has 1 aromatic carbocycles. The van der Waals surface area contributed by atoms with E-state index in [-0.39, 0.29) is 31.0 Å². The van der Waals surface area contributed by atoms with E-state index in [1.165, 1.54) is 12.1 Å². The molecule has 0 aliphatic carbocycles. The molecule has 0 spiro atoms. The topological polar surface area (TPSA) is 41.6 Å². The predicted molar refractivity (Wildman–Crippen MR) is 95.4 cm³/mol. The maximum Gasteiger partial charge on any atom is 0.261 e. The summed E-state index contributed by atoms with van der Waals surface area (Å²) in [5, 5.41) is 4.44. The number of carbonyl (C=O) groups excluding carboxylic acids is 1. The van der Waals surface area contributed by atoms with Crippen molar-refractivity contribution in [2.24, 2.45) is 0 Å². The summed E-state index contributed by atoms with van der Waals surface area (Å²) >= 11 is 17.9. The van der Waals surface area contributed by atoms with Gasteiger partial charge in [0.05, 0.1) is 15.1 Å². The SMILES string of the molecule is Cl.O=C(COc1cc(Cl)c(Cl)cc1Cl)N1C2CCNCC1CC2. The highest BCUT2D eigenvalue weighted by molar-refractivity contribution is 6.43. The van der Waals surface area contributed by atoms with E-state index in [0.717, 1.165) is 32.4 Å². The Bertz CT molecular complexity index is 571. The Balaban J connectivity index is 0.00000192. The Morgan fingerprint density at radius 2 is 1.83 bits per heavy atom. The van der Waals surface area contributed by atoms with E-state index in [0.29, 0.717) is 26.9 Å². The van der Waals surface area contributed by atoms with Crippen LogP contribution in [0.15, 0.2) is 12.1 Å². The Kier molecular flexibility index (Phi) is 6.69. The van der Waals surface area contributed by atoms with E-state index in [1.54, 1.807) is 0 Å². The number of nitrogens with one attached hydrogen (secondary N) is 1. The number of nitrogens with zero attached hydrogens (tertiary/aromatic N) is 1. The molecule has 2 unspecified atom stereocenters. The first-order valence-electron chi connectivity index (χ1n) is 7.35. The van der Waals surface area contributed by atoms with Crippen molar-refractivity contribution >= 4 is 53.1 Å². The smallest absolute Gasteiger partial charge is 0.261 e. The van der Waals surface area contributed by atoms with Gasteiger partial charge in [0.25, 0.3) is 5.91 Å². The molecule has 2 heterocycles. The van der Waals surface area contributed by atoms with Gasteiger partial charge in [-0.15, -0.1) is 12.4 Å². The molecule has 2 aliphatic heterocycles. The number of amides is 1. The van der Waals surface area contributed by atoms with E-state index >= 15 is 0 Å². The summed E-state index contributed by atoms with van der Waals surface area (Å²) in [5.41, 5.74) is 0. The van der Waals surface area contributed by atoms with Gasteiger partial charge in [0.15, 0.2) is 6.61 Å². The number of benzene rings is 1. The molecule has 2 atom stereocenters. The number of ether oxygens (including phenoxy) is 1. The zero-order valence-electron chi connectivity index (χ0n) is 12.4. The van der Waals surface area contributed by atoms with Gasteiger partial charge in [-0.3, -0.25) is 4.79 Å². The number of carbonyl (C=O) groups is 1. The quantitative estimate of drug-likeness (QED) is 0.786. The number of fused-ring (bicyclic) bond motifs is 2. The molecule has 3 rings (SSSR count). The maximum atomic E-state index is 12.5. The highest BCUT2D eigenvalue weighted by Gasteiger charge is 2.37. The van der Waals surface area contributed by atoms with Gasteiger partial charge in [-0.25, -0.2) is 0 Å². The average molecular weight is 400 g/mol. The van der Waals surface area contributed by atoms with E-state index in [4.69, 9.17) is 39.5 Å². The van der Waals surface area contributed by atoms with Crippen LogP contribution in [0.3, 0.4) is 0 Å². The van der Waals surface area contributed by atoms with Crippen LogP contribution in [0.4, 0.5) is 0 Å². The number of rotatable bonds is 3. The third-order valence-electron chi connectivity index (χ3n) is 4.27. The van der Waals surface area contributed by atoms with Crippen molar-refractivity contribution in [3.63, 3.8) is 0 Å². The Labute approximate surface area is 156 Å². The van der Waals surface area contributed by atoms with E-state index < -0.39 is 0 Å². The summed E-state index contributed by atoms with van der Waals surface area (Å²) in [5.74, 6) is 0.378. The summed E-state index contributed by atoms with van der Waals surface area (Å²) < 4.78 is 5.57. The number of halogens is 4. The molecule has 1 N–H and O–H groups in total. The molecule has 2 bridgehead atoms. The van der Waals surface area contributed by atoms with Crippen molar-refractivity contribution in [1.82, 2.24) is 10.2 Å². The maximum absolute atomic E-state index is 12.5. The first-order valence-corrected chi connectivity index (χ1v) is 8.49. The lowest BCUT2D eigenvalue weighted by Crippen LogP contribution is -2.44. The van der Waals surface area contributed by atoms with Crippen molar-refractivity contribution in [2.75, 3.05) is 19.7 Å². The molecule has 1 aromatic rings. The van der Waals surface area contributed by atoms with E-state index in [2.05, 4.69) is 5.32 Å². The summed E-state index contributed by atoms with van der Waals surface area (Å²) in [6, 6.07) is 3.65. The molecule has 4 nitrogen and oxygen atoms in total. The van der Waals surface area contributed by atoms with Crippen LogP contribution < -0.4 is 10.1 Å². The van der Waals surface area contributed by atoms with E-state index in [1.807, 2.05) is 4.90 Å². The lowest BCUT2D eigenvalue weighted by atomic mass is 10.1. The van der Waals surface area contributed by atoms with Crippen LogP contribution in [0.25, 0.3) is 0 Å². The second-order valence-corrected chi connectivity index (χ2v) is 6.89. The fourth-order valence-electron chi connectivity index (χ4n) is 3.22. The van der Waals surface area contributed by atoms with Crippen molar-refractivity contribution < 1.29 is 9.53 Å². The van der Waals surface area contributed by atoms with Crippen LogP contribution in [0.1, 0.15) is 19.3 Å². The highest BCUT2D eigenvalue weighted by Crippen LogP contribution is 2.34. The fourth-order valence-corrected chi connectivity index (χ4v) is 3.81. The first kappa shape index (κ1) is 18.9. The lowest BCUT2D eigenvalue weighted by Gasteiger charge is -2.27. The minimum atomic E-state index is -0.0370. The Morgan fingerprint density at radius 3 is 2.61 bits per heavy atom. The molecule has 0 radical (unpaired) electrons. The molecule has 0 aromatic heterocycles. The van der Waals surface area contributed by atoms with Crippen LogP contribution in [0, 0.1) is 0 Å². The fraction of sp³-hybridized carbons (Fsp3) is 0.533. The van der Waals surface area contributed by atoms with Gasteiger partial charge in [-0.1, -0.05) is 34.8 Å². The summed E-state index contributed by atoms with van der Waals surface area (Å²) in [4.78, 5) is 14.5. The first-order chi connectivity index (χ1) is 10.6. The molecular weight excluding hydrogens is 382 g/mol. The van der Waals surface area contributed by atoms with Crippen molar-refractivity contribution in [1.29, 1.82) is 0 Å². The van der Waals surface area contributed by atoms with Gasteiger partial charge in [-0.2, -0.15) is 0 Å².